The number of rotatable bonds is 8. The first-order valence-corrected chi connectivity index (χ1v) is 6.03. The average Bonchev–Trinajstić information content (AvgIpc) is 2.91. The molecule has 0 unspecified atom stereocenters. The standard InChI is InChI=1S/C12H16F2N2O4/c13-10(14)8-16(5-6-17)11(18)3-4-15-12(19)9-2-1-7-20-9/h1-2,7,10,17H,3-6,8H2,(H,15,19). The maximum Gasteiger partial charge on any atom is 0.286 e. The van der Waals surface area contributed by atoms with E-state index in [1.807, 2.05) is 0 Å². The molecule has 112 valence electrons. The summed E-state index contributed by atoms with van der Waals surface area (Å²) in [5.74, 6) is -0.929. The van der Waals surface area contributed by atoms with E-state index in [4.69, 9.17) is 9.52 Å². The van der Waals surface area contributed by atoms with Gasteiger partial charge in [-0.05, 0) is 12.1 Å². The second-order valence-corrected chi connectivity index (χ2v) is 3.94. The molecule has 0 bridgehead atoms. The van der Waals surface area contributed by atoms with Crippen molar-refractivity contribution in [1.82, 2.24) is 10.2 Å². The van der Waals surface area contributed by atoms with Gasteiger partial charge in [-0.25, -0.2) is 8.78 Å². The summed E-state index contributed by atoms with van der Waals surface area (Å²) in [6.45, 7) is -1.28. The smallest absolute Gasteiger partial charge is 0.286 e. The number of aliphatic hydroxyl groups excluding tert-OH is 1. The van der Waals surface area contributed by atoms with E-state index in [1.54, 1.807) is 6.07 Å². The molecule has 2 amide bonds. The van der Waals surface area contributed by atoms with Crippen LogP contribution < -0.4 is 5.32 Å². The molecule has 0 radical (unpaired) electrons. The van der Waals surface area contributed by atoms with E-state index in [0.29, 0.717) is 0 Å². The minimum atomic E-state index is -2.66. The Balaban J connectivity index is 2.35. The highest BCUT2D eigenvalue weighted by Gasteiger charge is 2.18. The molecule has 1 rings (SSSR count). The molecule has 1 aromatic rings. The lowest BCUT2D eigenvalue weighted by atomic mass is 10.3. The first-order valence-electron chi connectivity index (χ1n) is 6.03. The molecule has 1 heterocycles. The molecule has 0 aromatic carbocycles. The molecule has 0 aliphatic rings. The number of carbonyl (C=O) groups is 2. The summed E-state index contributed by atoms with van der Waals surface area (Å²) >= 11 is 0. The summed E-state index contributed by atoms with van der Waals surface area (Å²) in [7, 11) is 0. The van der Waals surface area contributed by atoms with Gasteiger partial charge in [0, 0.05) is 19.5 Å². The molecule has 6 nitrogen and oxygen atoms in total. The van der Waals surface area contributed by atoms with Crippen LogP contribution in [0, 0.1) is 0 Å². The largest absolute Gasteiger partial charge is 0.459 e. The fourth-order valence-corrected chi connectivity index (χ4v) is 1.54. The van der Waals surface area contributed by atoms with Crippen LogP contribution in [0.3, 0.4) is 0 Å². The highest BCUT2D eigenvalue weighted by atomic mass is 19.3. The fraction of sp³-hybridized carbons (Fsp3) is 0.500. The van der Waals surface area contributed by atoms with Gasteiger partial charge in [-0.15, -0.1) is 0 Å². The lowest BCUT2D eigenvalue weighted by molar-refractivity contribution is -0.133. The van der Waals surface area contributed by atoms with Crippen molar-refractivity contribution >= 4 is 11.8 Å². The zero-order chi connectivity index (χ0) is 15.0. The number of hydrogen-bond donors (Lipinski definition) is 2. The van der Waals surface area contributed by atoms with Crippen molar-refractivity contribution in [1.29, 1.82) is 0 Å². The normalized spacial score (nSPS) is 10.6. The third kappa shape index (κ3) is 5.35. The Bertz CT molecular complexity index is 423. The molecule has 0 atom stereocenters. The van der Waals surface area contributed by atoms with E-state index in [9.17, 15) is 18.4 Å². The van der Waals surface area contributed by atoms with Crippen LogP contribution in [0.5, 0.6) is 0 Å². The topological polar surface area (TPSA) is 82.8 Å². The first-order chi connectivity index (χ1) is 9.54. The number of furan rings is 1. The van der Waals surface area contributed by atoms with Crippen molar-refractivity contribution in [2.45, 2.75) is 12.8 Å². The summed E-state index contributed by atoms with van der Waals surface area (Å²) in [4.78, 5) is 24.0. The van der Waals surface area contributed by atoms with Gasteiger partial charge < -0.3 is 19.7 Å². The number of amides is 2. The van der Waals surface area contributed by atoms with E-state index >= 15 is 0 Å². The van der Waals surface area contributed by atoms with Crippen LogP contribution in [-0.4, -0.2) is 54.5 Å². The Labute approximate surface area is 114 Å². The summed E-state index contributed by atoms with van der Waals surface area (Å²) in [5.41, 5.74) is 0. The number of alkyl halides is 2. The highest BCUT2D eigenvalue weighted by Crippen LogP contribution is 2.02. The number of nitrogens with one attached hydrogen (secondary N) is 1. The fourth-order valence-electron chi connectivity index (χ4n) is 1.54. The first kappa shape index (κ1) is 16.1. The maximum atomic E-state index is 12.2. The predicted octanol–water partition coefficient (Wildman–Crippen LogP) is 0.486. The molecule has 0 aliphatic heterocycles. The van der Waals surface area contributed by atoms with Gasteiger partial charge in [0.25, 0.3) is 12.3 Å². The molecule has 2 N–H and O–H groups in total. The van der Waals surface area contributed by atoms with Gasteiger partial charge in [0.15, 0.2) is 5.76 Å². The molecule has 0 spiro atoms. The second kappa shape index (κ2) is 8.26. The Kier molecular flexibility index (Phi) is 6.65. The van der Waals surface area contributed by atoms with Gasteiger partial charge in [0.05, 0.1) is 19.4 Å². The molecule has 0 saturated heterocycles. The van der Waals surface area contributed by atoms with Gasteiger partial charge in [0.2, 0.25) is 5.91 Å². The van der Waals surface area contributed by atoms with E-state index in [1.165, 1.54) is 12.3 Å². The number of carbonyl (C=O) groups excluding carboxylic acids is 2. The Morgan fingerprint density at radius 2 is 2.20 bits per heavy atom. The lowest BCUT2D eigenvalue weighted by Crippen LogP contribution is -2.39. The minimum absolute atomic E-state index is 0.00351. The maximum absolute atomic E-state index is 12.2. The van der Waals surface area contributed by atoms with Crippen molar-refractivity contribution in [3.8, 4) is 0 Å². The van der Waals surface area contributed by atoms with Crippen LogP contribution in [0.1, 0.15) is 17.0 Å². The van der Waals surface area contributed by atoms with Crippen LogP contribution >= 0.6 is 0 Å². The highest BCUT2D eigenvalue weighted by molar-refractivity contribution is 5.91. The van der Waals surface area contributed by atoms with Gasteiger partial charge in [0.1, 0.15) is 0 Å². The van der Waals surface area contributed by atoms with Crippen molar-refractivity contribution in [2.75, 3.05) is 26.2 Å². The third-order valence-electron chi connectivity index (χ3n) is 2.45. The molecule has 1 aromatic heterocycles. The summed E-state index contributed by atoms with van der Waals surface area (Å²) in [5, 5.41) is 11.2. The van der Waals surface area contributed by atoms with Crippen molar-refractivity contribution < 1.29 is 27.9 Å². The van der Waals surface area contributed by atoms with Crippen LogP contribution in [0.2, 0.25) is 0 Å². The van der Waals surface area contributed by atoms with Crippen LogP contribution in [0.25, 0.3) is 0 Å². The number of halogens is 2. The number of nitrogens with zero attached hydrogens (tertiary/aromatic N) is 1. The second-order valence-electron chi connectivity index (χ2n) is 3.94. The number of hydrogen-bond acceptors (Lipinski definition) is 4. The Hall–Kier alpha value is -1.96. The Morgan fingerprint density at radius 1 is 1.45 bits per heavy atom. The van der Waals surface area contributed by atoms with Crippen LogP contribution in [0.15, 0.2) is 22.8 Å². The van der Waals surface area contributed by atoms with Crippen molar-refractivity contribution in [3.05, 3.63) is 24.2 Å². The summed E-state index contributed by atoms with van der Waals surface area (Å²) in [6.07, 6.45) is -1.45. The summed E-state index contributed by atoms with van der Waals surface area (Å²) < 4.78 is 29.3. The SMILES string of the molecule is O=C(NCCC(=O)N(CCO)CC(F)F)c1ccco1. The van der Waals surface area contributed by atoms with E-state index in [2.05, 4.69) is 5.32 Å². The van der Waals surface area contributed by atoms with Gasteiger partial charge >= 0.3 is 0 Å². The minimum Gasteiger partial charge on any atom is -0.459 e. The zero-order valence-corrected chi connectivity index (χ0v) is 10.7. The molecule has 8 heteroatoms. The quantitative estimate of drug-likeness (QED) is 0.730. The van der Waals surface area contributed by atoms with E-state index in [0.717, 1.165) is 4.90 Å². The predicted molar refractivity (Wildman–Crippen MR) is 65.3 cm³/mol. The number of aliphatic hydroxyl groups is 1. The average molecular weight is 290 g/mol. The van der Waals surface area contributed by atoms with Crippen LogP contribution in [-0.2, 0) is 4.79 Å². The van der Waals surface area contributed by atoms with Crippen molar-refractivity contribution in [2.24, 2.45) is 0 Å². The van der Waals surface area contributed by atoms with Gasteiger partial charge in [-0.3, -0.25) is 9.59 Å². The molecular formula is C12H16F2N2O4. The Morgan fingerprint density at radius 3 is 2.75 bits per heavy atom. The molecule has 0 aliphatic carbocycles. The van der Waals surface area contributed by atoms with Gasteiger partial charge in [-0.2, -0.15) is 0 Å². The molecular weight excluding hydrogens is 274 g/mol. The van der Waals surface area contributed by atoms with E-state index < -0.39 is 31.4 Å². The molecule has 20 heavy (non-hydrogen) atoms. The van der Waals surface area contributed by atoms with Crippen molar-refractivity contribution in [3.63, 3.8) is 0 Å². The van der Waals surface area contributed by atoms with E-state index in [-0.39, 0.29) is 25.3 Å². The lowest BCUT2D eigenvalue weighted by Gasteiger charge is -2.21. The van der Waals surface area contributed by atoms with Gasteiger partial charge in [-0.1, -0.05) is 0 Å². The summed E-state index contributed by atoms with van der Waals surface area (Å²) in [6, 6.07) is 3.01. The third-order valence-corrected chi connectivity index (χ3v) is 2.45. The monoisotopic (exact) mass is 290 g/mol. The van der Waals surface area contributed by atoms with Crippen LogP contribution in [0.4, 0.5) is 8.78 Å². The molecule has 0 saturated carbocycles. The molecule has 0 fully saturated rings. The zero-order valence-electron chi connectivity index (χ0n) is 10.7.